The molecule has 152 valence electrons. The largest absolute Gasteiger partial charge is 0.382 e. The molecule has 0 aromatic heterocycles. The fourth-order valence-electron chi connectivity index (χ4n) is 2.29. The first kappa shape index (κ1) is 22.4. The first-order valence-corrected chi connectivity index (χ1v) is 10.7. The molecule has 8 nitrogen and oxygen atoms in total. The number of nitriles is 1. The van der Waals surface area contributed by atoms with E-state index in [2.05, 4.69) is 31.3 Å². The molecular weight excluding hydrogens is 410 g/mol. The maximum absolute atomic E-state index is 11.8. The van der Waals surface area contributed by atoms with Crippen LogP contribution in [0, 0.1) is 16.7 Å². The lowest BCUT2D eigenvalue weighted by atomic mass is 9.87. The minimum Gasteiger partial charge on any atom is -0.382 e. The van der Waals surface area contributed by atoms with E-state index in [1.54, 1.807) is 12.1 Å². The second-order valence-corrected chi connectivity index (χ2v) is 9.64. The highest BCUT2D eigenvalue weighted by Gasteiger charge is 2.18. The zero-order valence-corrected chi connectivity index (χ0v) is 17.7. The lowest BCUT2D eigenvalue weighted by Gasteiger charge is -2.19. The molecule has 2 aromatic rings. The molecule has 2 aromatic carbocycles. The third-order valence-electron chi connectivity index (χ3n) is 3.84. The van der Waals surface area contributed by atoms with Gasteiger partial charge < -0.3 is 5.73 Å². The number of nitrogens with one attached hydrogen (secondary N) is 2. The molecule has 29 heavy (non-hydrogen) atoms. The molecule has 0 saturated carbocycles. The highest BCUT2D eigenvalue weighted by Crippen LogP contribution is 2.33. The van der Waals surface area contributed by atoms with Crippen molar-refractivity contribution in [2.24, 2.45) is 10.8 Å². The van der Waals surface area contributed by atoms with Gasteiger partial charge in [-0.15, -0.1) is 0 Å². The van der Waals surface area contributed by atoms with Gasteiger partial charge in [-0.3, -0.25) is 15.4 Å². The van der Waals surface area contributed by atoms with Crippen molar-refractivity contribution < 1.29 is 13.0 Å². The summed E-state index contributed by atoms with van der Waals surface area (Å²) in [6.07, 6.45) is 0. The second kappa shape index (κ2) is 8.65. The first-order valence-electron chi connectivity index (χ1n) is 8.40. The topological polar surface area (TPSA) is 152 Å². The molecule has 5 N–H and O–H groups in total. The minimum atomic E-state index is -4.56. The summed E-state index contributed by atoms with van der Waals surface area (Å²) in [6, 6.07) is 13.9. The van der Waals surface area contributed by atoms with E-state index < -0.39 is 26.6 Å². The van der Waals surface area contributed by atoms with Gasteiger partial charge in [0, 0.05) is 9.79 Å². The van der Waals surface area contributed by atoms with Gasteiger partial charge in [0.15, 0.2) is 5.84 Å². The summed E-state index contributed by atoms with van der Waals surface area (Å²) in [7, 11) is -4.56. The van der Waals surface area contributed by atoms with E-state index in [0.717, 1.165) is 4.90 Å². The van der Waals surface area contributed by atoms with Crippen molar-refractivity contribution in [1.82, 2.24) is 0 Å². The Kier molecular flexibility index (Phi) is 6.69. The summed E-state index contributed by atoms with van der Waals surface area (Å²) in [5.74, 6) is -0.570. The molecule has 0 saturated heterocycles. The Morgan fingerprint density at radius 3 is 2.28 bits per heavy atom. The smallest absolute Gasteiger partial charge is 0.296 e. The number of hydrogen-bond acceptors (Lipinski definition) is 7. The van der Waals surface area contributed by atoms with Gasteiger partial charge >= 0.3 is 0 Å². The van der Waals surface area contributed by atoms with Crippen LogP contribution in [-0.4, -0.2) is 24.5 Å². The van der Waals surface area contributed by atoms with Gasteiger partial charge in [0.05, 0.1) is 5.69 Å². The van der Waals surface area contributed by atoms with E-state index in [0.29, 0.717) is 4.90 Å². The number of hydrazone groups is 1. The third kappa shape index (κ3) is 6.05. The zero-order chi connectivity index (χ0) is 21.8. The maximum atomic E-state index is 11.8. The maximum Gasteiger partial charge on any atom is 0.296 e. The van der Waals surface area contributed by atoms with Crippen molar-refractivity contribution in [3.8, 4) is 6.07 Å². The highest BCUT2D eigenvalue weighted by molar-refractivity contribution is 7.99. The van der Waals surface area contributed by atoms with Crippen molar-refractivity contribution >= 4 is 39.1 Å². The molecule has 0 aliphatic carbocycles. The standard InChI is InChI=1S/C19H21N5O3S2/c1-19(2,3)12-4-6-13(7-5-12)28-14-8-9-15(17(10-14)29(25,26)27)23-24-16(11-20)18(21)22/h4-10,23H,1-3H3,(H3,21,22)(H,25,26,27)/b24-16+. The molecule has 0 amide bonds. The molecule has 0 radical (unpaired) electrons. The number of benzene rings is 2. The van der Waals surface area contributed by atoms with E-state index in [1.165, 1.54) is 29.5 Å². The van der Waals surface area contributed by atoms with Crippen molar-refractivity contribution in [3.05, 3.63) is 48.0 Å². The molecule has 10 heteroatoms. The number of nitrogens with zero attached hydrogens (tertiary/aromatic N) is 2. The fraction of sp³-hybridized carbons (Fsp3) is 0.211. The Balaban J connectivity index is 2.34. The lowest BCUT2D eigenvalue weighted by Crippen LogP contribution is -2.22. The molecule has 0 fully saturated rings. The van der Waals surface area contributed by atoms with Crippen molar-refractivity contribution in [3.63, 3.8) is 0 Å². The minimum absolute atomic E-state index is 0.0251. The average Bonchev–Trinajstić information content (AvgIpc) is 2.61. The zero-order valence-electron chi connectivity index (χ0n) is 16.1. The summed E-state index contributed by atoms with van der Waals surface area (Å²) in [5.41, 5.74) is 8.31. The van der Waals surface area contributed by atoms with E-state index in [9.17, 15) is 13.0 Å². The van der Waals surface area contributed by atoms with E-state index in [1.807, 2.05) is 24.3 Å². The van der Waals surface area contributed by atoms with Crippen molar-refractivity contribution in [2.75, 3.05) is 5.43 Å². The van der Waals surface area contributed by atoms with Crippen molar-refractivity contribution in [2.45, 2.75) is 40.9 Å². The summed E-state index contributed by atoms with van der Waals surface area (Å²) in [6.45, 7) is 6.35. The molecule has 0 spiro atoms. The van der Waals surface area contributed by atoms with Crippen LogP contribution in [0.15, 0.2) is 62.3 Å². The van der Waals surface area contributed by atoms with Gasteiger partial charge in [-0.1, -0.05) is 44.7 Å². The van der Waals surface area contributed by atoms with Crippen LogP contribution in [-0.2, 0) is 15.5 Å². The summed E-state index contributed by atoms with van der Waals surface area (Å²) >= 11 is 1.33. The van der Waals surface area contributed by atoms with Crippen LogP contribution in [0.2, 0.25) is 0 Å². The van der Waals surface area contributed by atoms with Gasteiger partial charge in [0.25, 0.3) is 10.1 Å². The number of nitrogens with two attached hydrogens (primary N) is 1. The summed E-state index contributed by atoms with van der Waals surface area (Å²) < 4.78 is 33.1. The molecule has 0 unspecified atom stereocenters. The Hall–Kier alpha value is -2.87. The number of amidine groups is 1. The van der Waals surface area contributed by atoms with Crippen LogP contribution >= 0.6 is 11.8 Å². The lowest BCUT2D eigenvalue weighted by molar-refractivity contribution is 0.483. The van der Waals surface area contributed by atoms with Crippen LogP contribution in [0.3, 0.4) is 0 Å². The molecule has 0 bridgehead atoms. The van der Waals surface area contributed by atoms with Crippen LogP contribution in [0.5, 0.6) is 0 Å². The van der Waals surface area contributed by atoms with E-state index in [4.69, 9.17) is 16.4 Å². The monoisotopic (exact) mass is 431 g/mol. The second-order valence-electron chi connectivity index (χ2n) is 7.11. The normalized spacial score (nSPS) is 12.3. The summed E-state index contributed by atoms with van der Waals surface area (Å²) in [4.78, 5) is 1.09. The SMILES string of the molecule is CC(C)(C)c1ccc(Sc2ccc(N/N=C(\C#N)C(=N)N)c(S(=O)(=O)O)c2)cc1. The fourth-order valence-corrected chi connectivity index (χ4v) is 3.89. The van der Waals surface area contributed by atoms with Crippen LogP contribution in [0.25, 0.3) is 0 Å². The number of anilines is 1. The molecule has 0 heterocycles. The van der Waals surface area contributed by atoms with Gasteiger partial charge in [-0.25, -0.2) is 0 Å². The Bertz CT molecular complexity index is 1100. The predicted molar refractivity (Wildman–Crippen MR) is 114 cm³/mol. The molecule has 0 atom stereocenters. The average molecular weight is 432 g/mol. The van der Waals surface area contributed by atoms with Gasteiger partial charge in [-0.2, -0.15) is 18.8 Å². The van der Waals surface area contributed by atoms with E-state index >= 15 is 0 Å². The number of hydrogen-bond donors (Lipinski definition) is 4. The van der Waals surface area contributed by atoms with Gasteiger partial charge in [0.2, 0.25) is 5.71 Å². The van der Waals surface area contributed by atoms with Crippen LogP contribution in [0.1, 0.15) is 26.3 Å². The molecule has 0 aliphatic rings. The molecular formula is C19H21N5O3S2. The van der Waals surface area contributed by atoms with Crippen molar-refractivity contribution in [1.29, 1.82) is 10.7 Å². The predicted octanol–water partition coefficient (Wildman–Crippen LogP) is 3.61. The summed E-state index contributed by atoms with van der Waals surface area (Å²) in [5, 5.41) is 19.7. The van der Waals surface area contributed by atoms with E-state index in [-0.39, 0.29) is 11.1 Å². The van der Waals surface area contributed by atoms with Gasteiger partial charge in [-0.05, 0) is 41.3 Å². The van der Waals surface area contributed by atoms with Crippen LogP contribution in [0.4, 0.5) is 5.69 Å². The third-order valence-corrected chi connectivity index (χ3v) is 5.73. The van der Waals surface area contributed by atoms with Gasteiger partial charge in [0.1, 0.15) is 11.0 Å². The quantitative estimate of drug-likeness (QED) is 0.236. The highest BCUT2D eigenvalue weighted by atomic mass is 32.2. The molecule has 2 rings (SSSR count). The number of rotatable bonds is 6. The first-order chi connectivity index (χ1) is 13.4. The Morgan fingerprint density at radius 2 is 1.79 bits per heavy atom. The molecule has 0 aliphatic heterocycles. The van der Waals surface area contributed by atoms with Crippen LogP contribution < -0.4 is 11.2 Å². The Morgan fingerprint density at radius 1 is 1.21 bits per heavy atom. The Labute approximate surface area is 174 Å².